The van der Waals surface area contributed by atoms with Gasteiger partial charge in [-0.1, -0.05) is 18.7 Å². The Hall–Kier alpha value is -1.89. The molecule has 0 bridgehead atoms. The summed E-state index contributed by atoms with van der Waals surface area (Å²) in [6.45, 7) is 2.63. The molecule has 0 amide bonds. The smallest absolute Gasteiger partial charge is 0.294 e. The van der Waals surface area contributed by atoms with E-state index in [2.05, 4.69) is 10.2 Å². The predicted octanol–water partition coefficient (Wildman–Crippen LogP) is 2.88. The number of ketones is 1. The summed E-state index contributed by atoms with van der Waals surface area (Å²) >= 11 is 1.46. The number of thioether (sulfide) groups is 1. The van der Waals surface area contributed by atoms with E-state index in [0.29, 0.717) is 35.9 Å². The Bertz CT molecular complexity index is 679. The Kier molecular flexibility index (Phi) is 5.94. The molecule has 118 valence electrons. The topological polar surface area (TPSA) is 67.8 Å². The third-order valence-corrected chi connectivity index (χ3v) is 4.18. The zero-order chi connectivity index (χ0) is 15.9. The number of aromatic nitrogens is 3. The molecule has 1 heterocycles. The first-order valence-corrected chi connectivity index (χ1v) is 8.17. The van der Waals surface area contributed by atoms with E-state index < -0.39 is 0 Å². The molecule has 1 N–H and O–H groups in total. The first-order chi connectivity index (χ1) is 10.6. The maximum atomic E-state index is 12.8. The molecule has 0 aliphatic heterocycles. The Labute approximate surface area is 131 Å². The lowest BCUT2D eigenvalue weighted by molar-refractivity contribution is 0.0982. The van der Waals surface area contributed by atoms with Gasteiger partial charge in [-0.2, -0.15) is 0 Å². The molecule has 0 unspecified atom stereocenters. The monoisotopic (exact) mass is 323 g/mol. The second-order valence-electron chi connectivity index (χ2n) is 4.85. The Morgan fingerprint density at radius 1 is 1.36 bits per heavy atom. The van der Waals surface area contributed by atoms with Crippen LogP contribution >= 0.6 is 11.8 Å². The van der Waals surface area contributed by atoms with Gasteiger partial charge in [0, 0.05) is 24.3 Å². The summed E-state index contributed by atoms with van der Waals surface area (Å²) < 4.78 is 14.4. The second kappa shape index (κ2) is 7.93. The third kappa shape index (κ3) is 4.30. The number of Topliss-reactive ketones (excluding diaryl/α,β-unsaturated/α-hetero) is 1. The van der Waals surface area contributed by atoms with Crippen molar-refractivity contribution in [1.29, 1.82) is 0 Å². The van der Waals surface area contributed by atoms with Crippen LogP contribution in [-0.2, 0) is 6.54 Å². The second-order valence-corrected chi connectivity index (χ2v) is 5.91. The van der Waals surface area contributed by atoms with Gasteiger partial charge in [-0.15, -0.1) is 5.10 Å². The molecular formula is C15H18FN3O2S. The van der Waals surface area contributed by atoms with E-state index in [1.54, 1.807) is 4.57 Å². The fourth-order valence-corrected chi connectivity index (χ4v) is 2.92. The summed E-state index contributed by atoms with van der Waals surface area (Å²) in [7, 11) is 0. The molecule has 0 saturated carbocycles. The van der Waals surface area contributed by atoms with Crippen molar-refractivity contribution in [3.63, 3.8) is 0 Å². The minimum absolute atomic E-state index is 0.00595. The maximum Gasteiger partial charge on any atom is 0.343 e. The molecule has 0 spiro atoms. The molecule has 5 nitrogen and oxygen atoms in total. The van der Waals surface area contributed by atoms with E-state index in [1.165, 1.54) is 36.0 Å². The van der Waals surface area contributed by atoms with Crippen LogP contribution in [0.15, 0.2) is 34.2 Å². The van der Waals surface area contributed by atoms with E-state index in [1.807, 2.05) is 6.92 Å². The van der Waals surface area contributed by atoms with Crippen LogP contribution in [-0.4, -0.2) is 26.3 Å². The highest BCUT2D eigenvalue weighted by Crippen LogP contribution is 2.16. The number of aromatic amines is 1. The summed E-state index contributed by atoms with van der Waals surface area (Å²) in [5.41, 5.74) is 0.320. The highest BCUT2D eigenvalue weighted by molar-refractivity contribution is 7.99. The molecule has 0 atom stereocenters. The molecule has 2 rings (SSSR count). The molecule has 1 aromatic heterocycles. The third-order valence-electron chi connectivity index (χ3n) is 3.12. The number of halogens is 1. The van der Waals surface area contributed by atoms with Gasteiger partial charge >= 0.3 is 5.69 Å². The van der Waals surface area contributed by atoms with Crippen molar-refractivity contribution in [2.75, 3.05) is 5.75 Å². The van der Waals surface area contributed by atoms with Crippen LogP contribution in [0.3, 0.4) is 0 Å². The number of benzene rings is 1. The number of hydrogen-bond acceptors (Lipinski definition) is 4. The lowest BCUT2D eigenvalue weighted by Crippen LogP contribution is -2.17. The average Bonchev–Trinajstić information content (AvgIpc) is 2.85. The number of H-pyrrole nitrogens is 1. The van der Waals surface area contributed by atoms with E-state index in [4.69, 9.17) is 0 Å². The highest BCUT2D eigenvalue weighted by atomic mass is 32.2. The molecule has 0 fully saturated rings. The summed E-state index contributed by atoms with van der Waals surface area (Å²) in [5.74, 6) is 0.342. The summed E-state index contributed by atoms with van der Waals surface area (Å²) in [5, 5.41) is 7.07. The number of rotatable bonds is 8. The van der Waals surface area contributed by atoms with Gasteiger partial charge in [0.1, 0.15) is 5.82 Å². The fourth-order valence-electron chi connectivity index (χ4n) is 2.01. The van der Waals surface area contributed by atoms with Gasteiger partial charge in [-0.25, -0.2) is 14.3 Å². The van der Waals surface area contributed by atoms with Crippen LogP contribution in [0.2, 0.25) is 0 Å². The van der Waals surface area contributed by atoms with Crippen molar-refractivity contribution in [2.24, 2.45) is 0 Å². The summed E-state index contributed by atoms with van der Waals surface area (Å²) in [6.07, 6.45) is 1.92. The van der Waals surface area contributed by atoms with Gasteiger partial charge in [0.25, 0.3) is 0 Å². The van der Waals surface area contributed by atoms with Crippen LogP contribution < -0.4 is 5.69 Å². The van der Waals surface area contributed by atoms with Crippen LogP contribution in [0, 0.1) is 5.82 Å². The van der Waals surface area contributed by atoms with Crippen LogP contribution in [0.25, 0.3) is 0 Å². The molecule has 0 radical (unpaired) electrons. The maximum absolute atomic E-state index is 12.8. The van der Waals surface area contributed by atoms with Crippen LogP contribution in [0.1, 0.15) is 36.5 Å². The zero-order valence-electron chi connectivity index (χ0n) is 12.3. The first kappa shape index (κ1) is 16.5. The predicted molar refractivity (Wildman–Crippen MR) is 83.8 cm³/mol. The molecule has 1 aromatic carbocycles. The Morgan fingerprint density at radius 3 is 2.77 bits per heavy atom. The van der Waals surface area contributed by atoms with Gasteiger partial charge in [-0.05, 0) is 37.1 Å². The first-order valence-electron chi connectivity index (χ1n) is 7.18. The quantitative estimate of drug-likeness (QED) is 0.461. The minimum Gasteiger partial charge on any atom is -0.294 e. The van der Waals surface area contributed by atoms with Gasteiger partial charge in [-0.3, -0.25) is 9.36 Å². The number of nitrogens with one attached hydrogen (secondary N) is 1. The summed E-state index contributed by atoms with van der Waals surface area (Å²) in [4.78, 5) is 23.5. The van der Waals surface area contributed by atoms with Crippen molar-refractivity contribution in [3.8, 4) is 0 Å². The lowest BCUT2D eigenvalue weighted by atomic mass is 10.1. The van der Waals surface area contributed by atoms with E-state index in [-0.39, 0.29) is 17.3 Å². The van der Waals surface area contributed by atoms with Crippen LogP contribution in [0.5, 0.6) is 0 Å². The molecule has 2 aromatic rings. The number of carbonyl (C=O) groups is 1. The summed E-state index contributed by atoms with van der Waals surface area (Å²) in [6, 6.07) is 5.57. The van der Waals surface area contributed by atoms with Gasteiger partial charge < -0.3 is 0 Å². The van der Waals surface area contributed by atoms with Crippen LogP contribution in [0.4, 0.5) is 4.39 Å². The van der Waals surface area contributed by atoms with Gasteiger partial charge in [0.05, 0.1) is 0 Å². The molecule has 0 saturated heterocycles. The van der Waals surface area contributed by atoms with Crippen molar-refractivity contribution in [3.05, 3.63) is 46.1 Å². The van der Waals surface area contributed by atoms with Crippen molar-refractivity contribution < 1.29 is 9.18 Å². The SMILES string of the molecule is CCCn1c(SCCCC(=O)c2ccc(F)cc2)n[nH]c1=O. The number of nitrogens with zero attached hydrogens (tertiary/aromatic N) is 2. The number of hydrogen-bond donors (Lipinski definition) is 1. The Balaban J connectivity index is 1.81. The fraction of sp³-hybridized carbons (Fsp3) is 0.400. The van der Waals surface area contributed by atoms with Crippen molar-refractivity contribution >= 4 is 17.5 Å². The van der Waals surface area contributed by atoms with E-state index in [0.717, 1.165) is 6.42 Å². The zero-order valence-corrected chi connectivity index (χ0v) is 13.2. The highest BCUT2D eigenvalue weighted by Gasteiger charge is 2.09. The van der Waals surface area contributed by atoms with E-state index >= 15 is 0 Å². The molecule has 0 aliphatic carbocycles. The number of carbonyl (C=O) groups excluding carboxylic acids is 1. The van der Waals surface area contributed by atoms with Crippen molar-refractivity contribution in [1.82, 2.24) is 14.8 Å². The van der Waals surface area contributed by atoms with Crippen molar-refractivity contribution in [2.45, 2.75) is 37.9 Å². The minimum atomic E-state index is -0.348. The standard InChI is InChI=1S/C15H18FN3O2S/c1-2-9-19-14(21)17-18-15(19)22-10-3-4-13(20)11-5-7-12(16)8-6-11/h5-8H,2-4,9-10H2,1H3,(H,17,21). The van der Waals surface area contributed by atoms with Gasteiger partial charge in [0.15, 0.2) is 10.9 Å². The molecule has 22 heavy (non-hydrogen) atoms. The van der Waals surface area contributed by atoms with Gasteiger partial charge in [0.2, 0.25) is 0 Å². The van der Waals surface area contributed by atoms with E-state index in [9.17, 15) is 14.0 Å². The molecule has 7 heteroatoms. The largest absolute Gasteiger partial charge is 0.343 e. The normalized spacial score (nSPS) is 10.8. The molecule has 0 aliphatic rings. The molecular weight excluding hydrogens is 305 g/mol. The lowest BCUT2D eigenvalue weighted by Gasteiger charge is -2.04. The Morgan fingerprint density at radius 2 is 2.09 bits per heavy atom. The average molecular weight is 323 g/mol.